The highest BCUT2D eigenvalue weighted by atomic mass is 32.3. The number of carbonyl (C=O) groups is 3. The van der Waals surface area contributed by atoms with Crippen molar-refractivity contribution >= 4 is 56.1 Å². The summed E-state index contributed by atoms with van der Waals surface area (Å²) in [5.41, 5.74) is 5.20. The first-order chi connectivity index (χ1) is 19.7. The number of thiazole rings is 1. The number of nitrogens with one attached hydrogen (secondary N) is 1. The number of hydroxylamine groups is 2. The van der Waals surface area contributed by atoms with Gasteiger partial charge in [-0.1, -0.05) is 11.2 Å². The molecule has 18 heteroatoms. The molecule has 0 radical (unpaired) electrons. The SMILES string of the molecule is C/C=C\C(=NC)c1ccc(OC[C@H](O/N=C(\C(=O)N[C@@H]2C(=O)N(OS(=O)(=O)O)C2(C)C)c2csc(N)n2)C(=O)O)cc1. The number of nitrogens with two attached hydrogens (primary N) is 1. The van der Waals surface area contributed by atoms with Crippen molar-refractivity contribution in [3.8, 4) is 5.75 Å². The van der Waals surface area contributed by atoms with E-state index in [1.54, 1.807) is 31.3 Å². The second-order valence-corrected chi connectivity index (χ2v) is 11.0. The summed E-state index contributed by atoms with van der Waals surface area (Å²) in [6.07, 6.45) is 2.01. The van der Waals surface area contributed by atoms with Gasteiger partial charge in [-0.15, -0.1) is 15.6 Å². The van der Waals surface area contributed by atoms with Gasteiger partial charge >= 0.3 is 16.4 Å². The van der Waals surface area contributed by atoms with Gasteiger partial charge in [-0.05, 0) is 56.7 Å². The lowest BCUT2D eigenvalue weighted by Crippen LogP contribution is -2.76. The quantitative estimate of drug-likeness (QED) is 0.105. The number of benzene rings is 1. The second-order valence-electron chi connectivity index (χ2n) is 9.08. The zero-order valence-electron chi connectivity index (χ0n) is 22.7. The molecule has 0 unspecified atom stereocenters. The number of allylic oxidation sites excluding steroid dienone is 2. The maximum Gasteiger partial charge on any atom is 0.418 e. The van der Waals surface area contributed by atoms with Crippen LogP contribution in [0.25, 0.3) is 0 Å². The molecule has 1 aromatic carbocycles. The number of nitrogens with zero attached hydrogens (tertiary/aromatic N) is 4. The van der Waals surface area contributed by atoms with E-state index in [2.05, 4.69) is 24.7 Å². The Kier molecular flexibility index (Phi) is 9.99. The van der Waals surface area contributed by atoms with Crippen LogP contribution < -0.4 is 15.8 Å². The Balaban J connectivity index is 1.75. The van der Waals surface area contributed by atoms with Gasteiger partial charge in [-0.3, -0.25) is 19.1 Å². The van der Waals surface area contributed by atoms with Crippen molar-refractivity contribution in [3.05, 3.63) is 53.1 Å². The smallest absolute Gasteiger partial charge is 0.418 e. The van der Waals surface area contributed by atoms with Crippen molar-refractivity contribution in [2.75, 3.05) is 19.4 Å². The molecule has 2 atom stereocenters. The number of β-lactam (4-membered cyclic amide) rings is 1. The van der Waals surface area contributed by atoms with Gasteiger partial charge in [0.1, 0.15) is 24.1 Å². The van der Waals surface area contributed by atoms with E-state index in [9.17, 15) is 27.9 Å². The Morgan fingerprint density at radius 1 is 1.31 bits per heavy atom. The molecule has 3 rings (SSSR count). The van der Waals surface area contributed by atoms with Gasteiger partial charge < -0.3 is 25.7 Å². The van der Waals surface area contributed by atoms with Crippen LogP contribution in [0, 0.1) is 0 Å². The average Bonchev–Trinajstić information content (AvgIpc) is 3.35. The lowest BCUT2D eigenvalue weighted by atomic mass is 9.84. The molecule has 1 saturated heterocycles. The first-order valence-corrected chi connectivity index (χ1v) is 14.2. The minimum absolute atomic E-state index is 0.0607. The largest absolute Gasteiger partial charge is 0.489 e. The number of carboxylic acid groups (broad SMARTS) is 1. The maximum atomic E-state index is 13.1. The molecule has 226 valence electrons. The number of rotatable bonds is 13. The van der Waals surface area contributed by atoms with Crippen molar-refractivity contribution < 1.29 is 46.3 Å². The molecule has 2 heterocycles. The Hall–Kier alpha value is -4.39. The Morgan fingerprint density at radius 3 is 2.48 bits per heavy atom. The fourth-order valence-corrected chi connectivity index (χ4v) is 4.64. The van der Waals surface area contributed by atoms with E-state index in [0.29, 0.717) is 10.8 Å². The van der Waals surface area contributed by atoms with Crippen molar-refractivity contribution in [1.29, 1.82) is 0 Å². The van der Waals surface area contributed by atoms with E-state index in [4.69, 9.17) is 19.9 Å². The molecule has 0 saturated carbocycles. The van der Waals surface area contributed by atoms with Crippen molar-refractivity contribution in [2.45, 2.75) is 38.5 Å². The summed E-state index contributed by atoms with van der Waals surface area (Å²) in [7, 11) is -3.35. The second kappa shape index (κ2) is 13.1. The molecule has 1 aromatic heterocycles. The minimum Gasteiger partial charge on any atom is -0.489 e. The molecular formula is C24H28N6O10S2. The molecular weight excluding hydrogens is 596 g/mol. The fraction of sp³-hybridized carbons (Fsp3) is 0.333. The number of ether oxygens (including phenoxy) is 1. The van der Waals surface area contributed by atoms with Gasteiger partial charge in [0.25, 0.3) is 17.9 Å². The monoisotopic (exact) mass is 624 g/mol. The van der Waals surface area contributed by atoms with E-state index in [1.165, 1.54) is 19.2 Å². The first kappa shape index (κ1) is 32.1. The molecule has 1 aliphatic heterocycles. The molecule has 5 N–H and O–H groups in total. The highest BCUT2D eigenvalue weighted by Crippen LogP contribution is 2.33. The van der Waals surface area contributed by atoms with Crippen LogP contribution in [0.3, 0.4) is 0 Å². The van der Waals surface area contributed by atoms with E-state index in [-0.39, 0.29) is 10.8 Å². The predicted molar refractivity (Wildman–Crippen MR) is 150 cm³/mol. The highest BCUT2D eigenvalue weighted by Gasteiger charge is 2.58. The van der Waals surface area contributed by atoms with Gasteiger partial charge in [0, 0.05) is 12.4 Å². The summed E-state index contributed by atoms with van der Waals surface area (Å²) in [5.74, 6) is -3.13. The topological polar surface area (TPSA) is 232 Å². The number of hydrogen-bond acceptors (Lipinski definition) is 13. The number of anilines is 1. The zero-order chi connectivity index (χ0) is 31.2. The number of aliphatic imine (C=N–C) groups is 1. The fourth-order valence-electron chi connectivity index (χ4n) is 3.63. The van der Waals surface area contributed by atoms with Crippen LogP contribution in [0.1, 0.15) is 32.0 Å². The molecule has 0 bridgehead atoms. The third-order valence-electron chi connectivity index (χ3n) is 5.76. The van der Waals surface area contributed by atoms with E-state index < -0.39 is 58.2 Å². The molecule has 1 fully saturated rings. The predicted octanol–water partition coefficient (Wildman–Crippen LogP) is 0.813. The van der Waals surface area contributed by atoms with Gasteiger partial charge in [-0.25, -0.2) is 9.78 Å². The normalized spacial score (nSPS) is 18.0. The molecule has 42 heavy (non-hydrogen) atoms. The lowest BCUT2D eigenvalue weighted by molar-refractivity contribution is -0.218. The summed E-state index contributed by atoms with van der Waals surface area (Å²) in [4.78, 5) is 50.7. The van der Waals surface area contributed by atoms with E-state index in [0.717, 1.165) is 22.6 Å². The summed E-state index contributed by atoms with van der Waals surface area (Å²) in [5, 5.41) is 17.5. The van der Waals surface area contributed by atoms with Gasteiger partial charge in [0.05, 0.1) is 11.3 Å². The van der Waals surface area contributed by atoms with Gasteiger partial charge in [0.2, 0.25) is 0 Å². The summed E-state index contributed by atoms with van der Waals surface area (Å²) in [6, 6.07) is 5.41. The number of carboxylic acids is 1. The van der Waals surface area contributed by atoms with Crippen LogP contribution in [-0.2, 0) is 33.9 Å². The number of nitrogen functional groups attached to an aromatic ring is 1. The van der Waals surface area contributed by atoms with E-state index in [1.807, 2.05) is 19.1 Å². The number of hydrogen-bond donors (Lipinski definition) is 4. The Morgan fingerprint density at radius 2 is 1.98 bits per heavy atom. The molecule has 16 nitrogen and oxygen atoms in total. The molecule has 0 aliphatic carbocycles. The highest BCUT2D eigenvalue weighted by molar-refractivity contribution is 7.80. The number of carbonyl (C=O) groups excluding carboxylic acids is 2. The van der Waals surface area contributed by atoms with Crippen molar-refractivity contribution in [2.24, 2.45) is 10.1 Å². The summed E-state index contributed by atoms with van der Waals surface area (Å²) >= 11 is 0.959. The van der Waals surface area contributed by atoms with Crippen LogP contribution in [0.5, 0.6) is 5.75 Å². The van der Waals surface area contributed by atoms with Crippen LogP contribution in [-0.4, -0.2) is 88.7 Å². The molecule has 2 aromatic rings. The van der Waals surface area contributed by atoms with Crippen LogP contribution in [0.15, 0.2) is 51.9 Å². The van der Waals surface area contributed by atoms with Crippen LogP contribution in [0.4, 0.5) is 5.13 Å². The number of oxime groups is 1. The first-order valence-electron chi connectivity index (χ1n) is 12.0. The van der Waals surface area contributed by atoms with Crippen LogP contribution >= 0.6 is 11.3 Å². The van der Waals surface area contributed by atoms with Crippen molar-refractivity contribution in [3.63, 3.8) is 0 Å². The molecule has 2 amide bonds. The van der Waals surface area contributed by atoms with E-state index >= 15 is 0 Å². The van der Waals surface area contributed by atoms with Gasteiger partial charge in [0.15, 0.2) is 10.8 Å². The lowest BCUT2D eigenvalue weighted by Gasteiger charge is -2.50. The van der Waals surface area contributed by atoms with Crippen LogP contribution in [0.2, 0.25) is 0 Å². The number of amides is 2. The standard InChI is InChI=1S/C24H28N6O10S2/c1-5-6-15(26-4)13-7-9-14(10-8-13)38-11-17(22(33)34)39-29-18(16-12-41-23(25)27-16)20(31)28-19-21(32)30(24(19,2)3)40-42(35,36)37/h5-10,12,17,19H,11H2,1-4H3,(H2,25,27)(H,28,31)(H,33,34)(H,35,36,37)/b6-5-,26-15?,29-18-/t17-,19+/m0/s1. The van der Waals surface area contributed by atoms with Crippen molar-refractivity contribution in [1.82, 2.24) is 15.4 Å². The Bertz CT molecular complexity index is 1530. The Labute approximate surface area is 244 Å². The summed E-state index contributed by atoms with van der Waals surface area (Å²) < 4.78 is 40.8. The number of aliphatic carboxylic acids is 1. The minimum atomic E-state index is -5.01. The average molecular weight is 625 g/mol. The third kappa shape index (κ3) is 7.66. The zero-order valence-corrected chi connectivity index (χ0v) is 24.4. The molecule has 1 aliphatic rings. The maximum absolute atomic E-state index is 13.1. The van der Waals surface area contributed by atoms with Gasteiger partial charge in [-0.2, -0.15) is 13.5 Å². The molecule has 0 spiro atoms. The summed E-state index contributed by atoms with van der Waals surface area (Å²) in [6.45, 7) is 4.09. The third-order valence-corrected chi connectivity index (χ3v) is 6.78. The number of aromatic nitrogens is 1.